The lowest BCUT2D eigenvalue weighted by Crippen LogP contribution is -2.56. The molecule has 0 bridgehead atoms. The minimum Gasteiger partial charge on any atom is -0.381 e. The van der Waals surface area contributed by atoms with Gasteiger partial charge < -0.3 is 29.5 Å². The fourth-order valence-electron chi connectivity index (χ4n) is 4.37. The first-order valence-electron chi connectivity index (χ1n) is 11.4. The number of carbonyl (C=O) groups is 1. The van der Waals surface area contributed by atoms with E-state index in [1.165, 1.54) is 0 Å². The first kappa shape index (κ1) is 26.6. The van der Waals surface area contributed by atoms with Crippen LogP contribution >= 0.6 is 24.0 Å². The van der Waals surface area contributed by atoms with Crippen molar-refractivity contribution in [2.24, 2.45) is 4.99 Å². The number of carbonyl (C=O) groups excluding carboxylic acids is 1. The third kappa shape index (κ3) is 7.41. The van der Waals surface area contributed by atoms with Gasteiger partial charge in [0, 0.05) is 64.6 Å². The Bertz CT molecular complexity index is 571. The molecule has 1 N–H and O–H groups in total. The summed E-state index contributed by atoms with van der Waals surface area (Å²) in [5.41, 5.74) is 0.0747. The lowest BCUT2D eigenvalue weighted by atomic mass is 9.89. The van der Waals surface area contributed by atoms with Crippen LogP contribution in [0.2, 0.25) is 0 Å². The van der Waals surface area contributed by atoms with Crippen LogP contribution in [0.4, 0.5) is 0 Å². The summed E-state index contributed by atoms with van der Waals surface area (Å²) >= 11 is 0. The molecule has 3 saturated heterocycles. The van der Waals surface area contributed by atoms with E-state index in [-0.39, 0.29) is 35.4 Å². The molecular formula is C21H41IN6O3. The smallest absolute Gasteiger partial charge is 0.236 e. The first-order valence-corrected chi connectivity index (χ1v) is 11.4. The highest BCUT2D eigenvalue weighted by atomic mass is 127. The van der Waals surface area contributed by atoms with E-state index >= 15 is 0 Å². The highest BCUT2D eigenvalue weighted by molar-refractivity contribution is 14.0. The molecule has 3 fully saturated rings. The van der Waals surface area contributed by atoms with E-state index in [0.29, 0.717) is 32.8 Å². The van der Waals surface area contributed by atoms with Crippen molar-refractivity contribution in [2.75, 3.05) is 99.4 Å². The highest BCUT2D eigenvalue weighted by Gasteiger charge is 2.35. The number of aliphatic imine (C=N–C) groups is 1. The van der Waals surface area contributed by atoms with Gasteiger partial charge in [-0.3, -0.25) is 14.7 Å². The Balaban J connectivity index is 0.00000341. The fourth-order valence-corrected chi connectivity index (χ4v) is 4.37. The quantitative estimate of drug-likeness (QED) is 0.286. The van der Waals surface area contributed by atoms with E-state index < -0.39 is 0 Å². The summed E-state index contributed by atoms with van der Waals surface area (Å²) < 4.78 is 10.9. The second kappa shape index (κ2) is 13.1. The van der Waals surface area contributed by atoms with E-state index in [0.717, 1.165) is 71.3 Å². The maximum Gasteiger partial charge on any atom is 0.236 e. The maximum atomic E-state index is 12.5. The van der Waals surface area contributed by atoms with Crippen LogP contribution in [0.1, 0.15) is 19.8 Å². The lowest BCUT2D eigenvalue weighted by Gasteiger charge is -2.42. The average Bonchev–Trinajstić information content (AvgIpc) is 2.78. The number of rotatable bonds is 6. The Hall–Kier alpha value is -0.690. The summed E-state index contributed by atoms with van der Waals surface area (Å²) in [6.45, 7) is 12.2. The molecule has 3 heterocycles. The van der Waals surface area contributed by atoms with E-state index in [4.69, 9.17) is 14.5 Å². The molecule has 0 saturated carbocycles. The molecule has 3 aliphatic rings. The summed E-state index contributed by atoms with van der Waals surface area (Å²) in [5, 5.41) is 3.47. The Morgan fingerprint density at radius 2 is 1.58 bits per heavy atom. The molecule has 1 amide bonds. The minimum absolute atomic E-state index is 0. The van der Waals surface area contributed by atoms with E-state index in [2.05, 4.69) is 41.0 Å². The molecule has 10 heteroatoms. The number of nitrogens with one attached hydrogen (secondary N) is 1. The van der Waals surface area contributed by atoms with E-state index in [9.17, 15) is 4.79 Å². The predicted octanol–water partition coefficient (Wildman–Crippen LogP) is 0.157. The first-order chi connectivity index (χ1) is 14.5. The molecule has 180 valence electrons. The number of hydrogen-bond acceptors (Lipinski definition) is 6. The number of ether oxygens (including phenoxy) is 2. The van der Waals surface area contributed by atoms with Crippen LogP contribution in [0.15, 0.2) is 4.99 Å². The zero-order valence-corrected chi connectivity index (χ0v) is 21.8. The van der Waals surface area contributed by atoms with E-state index in [1.54, 1.807) is 0 Å². The standard InChI is InChI=1S/C21H40N6O3.HI/c1-4-22-20(23-18-21(24(2)3)5-13-29-14-6-21)27-9-7-25(8-10-27)17-19(28)26-11-15-30-16-12-26;/h4-18H2,1-3H3,(H,22,23);1H. The molecule has 0 unspecified atom stereocenters. The van der Waals surface area contributed by atoms with Crippen molar-refractivity contribution in [3.8, 4) is 0 Å². The van der Waals surface area contributed by atoms with Gasteiger partial charge in [-0.25, -0.2) is 0 Å². The summed E-state index contributed by atoms with van der Waals surface area (Å²) in [6, 6.07) is 0. The van der Waals surface area contributed by atoms with Crippen molar-refractivity contribution in [2.45, 2.75) is 25.3 Å². The Labute approximate surface area is 204 Å². The number of likely N-dealkylation sites (N-methyl/N-ethyl adjacent to an activating group) is 1. The predicted molar refractivity (Wildman–Crippen MR) is 133 cm³/mol. The number of amides is 1. The SMILES string of the molecule is CCNC(=NCC1(N(C)C)CCOCC1)N1CCN(CC(=O)N2CCOCC2)CC1.I. The lowest BCUT2D eigenvalue weighted by molar-refractivity contribution is -0.136. The van der Waals surface area contributed by atoms with Crippen LogP contribution in [0, 0.1) is 0 Å². The van der Waals surface area contributed by atoms with Crippen molar-refractivity contribution < 1.29 is 14.3 Å². The fraction of sp³-hybridized carbons (Fsp3) is 0.905. The van der Waals surface area contributed by atoms with Gasteiger partial charge in [-0.1, -0.05) is 0 Å². The normalized spacial score (nSPS) is 22.9. The number of piperazine rings is 1. The number of nitrogens with zero attached hydrogens (tertiary/aromatic N) is 5. The number of morpholine rings is 1. The number of hydrogen-bond donors (Lipinski definition) is 1. The minimum atomic E-state index is 0. The molecular weight excluding hydrogens is 511 g/mol. The van der Waals surface area contributed by atoms with Gasteiger partial charge in [0.05, 0.1) is 26.3 Å². The van der Waals surface area contributed by atoms with Gasteiger partial charge in [0.1, 0.15) is 0 Å². The molecule has 31 heavy (non-hydrogen) atoms. The van der Waals surface area contributed by atoms with Crippen molar-refractivity contribution in [1.29, 1.82) is 0 Å². The van der Waals surface area contributed by atoms with Crippen molar-refractivity contribution in [1.82, 2.24) is 24.9 Å². The molecule has 0 atom stereocenters. The van der Waals surface area contributed by atoms with Crippen LogP contribution in [-0.2, 0) is 14.3 Å². The molecule has 0 spiro atoms. The molecule has 0 aromatic heterocycles. The van der Waals surface area contributed by atoms with Crippen LogP contribution < -0.4 is 5.32 Å². The van der Waals surface area contributed by atoms with Gasteiger partial charge >= 0.3 is 0 Å². The largest absolute Gasteiger partial charge is 0.381 e. The van der Waals surface area contributed by atoms with E-state index in [1.807, 2.05) is 4.90 Å². The topological polar surface area (TPSA) is 72.9 Å². The second-order valence-electron chi connectivity index (χ2n) is 8.66. The average molecular weight is 553 g/mol. The summed E-state index contributed by atoms with van der Waals surface area (Å²) in [4.78, 5) is 26.4. The summed E-state index contributed by atoms with van der Waals surface area (Å²) in [5.74, 6) is 1.21. The molecule has 0 aliphatic carbocycles. The molecule has 9 nitrogen and oxygen atoms in total. The number of halogens is 1. The molecule has 0 radical (unpaired) electrons. The van der Waals surface area contributed by atoms with Crippen LogP contribution in [0.25, 0.3) is 0 Å². The monoisotopic (exact) mass is 552 g/mol. The third-order valence-corrected chi connectivity index (χ3v) is 6.62. The maximum absolute atomic E-state index is 12.5. The van der Waals surface area contributed by atoms with Gasteiger partial charge in [0.15, 0.2) is 5.96 Å². The van der Waals surface area contributed by atoms with Crippen LogP contribution in [0.3, 0.4) is 0 Å². The second-order valence-corrected chi connectivity index (χ2v) is 8.66. The summed E-state index contributed by atoms with van der Waals surface area (Å²) in [7, 11) is 4.30. The zero-order chi connectivity index (χ0) is 21.4. The van der Waals surface area contributed by atoms with Crippen LogP contribution in [0.5, 0.6) is 0 Å². The molecule has 0 aromatic carbocycles. The molecule has 3 aliphatic heterocycles. The van der Waals surface area contributed by atoms with Gasteiger partial charge in [-0.2, -0.15) is 0 Å². The highest BCUT2D eigenvalue weighted by Crippen LogP contribution is 2.26. The summed E-state index contributed by atoms with van der Waals surface area (Å²) in [6.07, 6.45) is 2.03. The van der Waals surface area contributed by atoms with Crippen LogP contribution in [-0.4, -0.2) is 136 Å². The Morgan fingerprint density at radius 1 is 0.968 bits per heavy atom. The van der Waals surface area contributed by atoms with Gasteiger partial charge in [0.25, 0.3) is 0 Å². The number of guanidine groups is 1. The zero-order valence-electron chi connectivity index (χ0n) is 19.5. The van der Waals surface area contributed by atoms with Crippen molar-refractivity contribution >= 4 is 35.8 Å². The van der Waals surface area contributed by atoms with Gasteiger partial charge in [-0.05, 0) is 33.9 Å². The molecule has 3 rings (SSSR count). The van der Waals surface area contributed by atoms with Gasteiger partial charge in [0.2, 0.25) is 5.91 Å². The third-order valence-electron chi connectivity index (χ3n) is 6.62. The molecule has 0 aromatic rings. The van der Waals surface area contributed by atoms with Gasteiger partial charge in [-0.15, -0.1) is 24.0 Å². The van der Waals surface area contributed by atoms with Crippen molar-refractivity contribution in [3.63, 3.8) is 0 Å². The van der Waals surface area contributed by atoms with Crippen molar-refractivity contribution in [3.05, 3.63) is 0 Å². The Morgan fingerprint density at radius 3 is 2.16 bits per heavy atom. The Kier molecular flexibility index (Phi) is 11.2.